The summed E-state index contributed by atoms with van der Waals surface area (Å²) in [5.74, 6) is -2.40. The molecule has 1 aromatic carbocycles. The van der Waals surface area contributed by atoms with Crippen molar-refractivity contribution in [1.29, 1.82) is 0 Å². The molecule has 1 amide bonds. The van der Waals surface area contributed by atoms with Crippen LogP contribution in [0.5, 0.6) is 0 Å². The average molecular weight is 259 g/mol. The number of carbonyl (C=O) groups is 2. The fourth-order valence-electron chi connectivity index (χ4n) is 2.64. The number of aliphatic carboxylic acids is 1. The highest BCUT2D eigenvalue weighted by Gasteiger charge is 2.43. The van der Waals surface area contributed by atoms with E-state index in [1.165, 1.54) is 0 Å². The first kappa shape index (κ1) is 11.7. The van der Waals surface area contributed by atoms with E-state index in [-0.39, 0.29) is 0 Å². The van der Waals surface area contributed by atoms with Gasteiger partial charge >= 0.3 is 5.97 Å². The quantitative estimate of drug-likeness (QED) is 0.769. The summed E-state index contributed by atoms with van der Waals surface area (Å²) in [7, 11) is 1.84. The molecule has 1 aliphatic rings. The third-order valence-electron chi connectivity index (χ3n) is 3.60. The van der Waals surface area contributed by atoms with Crippen LogP contribution in [-0.2, 0) is 16.6 Å². The Kier molecular flexibility index (Phi) is 2.51. The maximum absolute atomic E-state index is 11.6. The fourth-order valence-corrected chi connectivity index (χ4v) is 2.64. The van der Waals surface area contributed by atoms with E-state index in [4.69, 9.17) is 0 Å². The maximum Gasteiger partial charge on any atom is 0.316 e. The van der Waals surface area contributed by atoms with E-state index in [9.17, 15) is 14.7 Å². The average Bonchev–Trinajstić information content (AvgIpc) is 2.91. The van der Waals surface area contributed by atoms with Crippen molar-refractivity contribution in [2.24, 2.45) is 13.0 Å². The second kappa shape index (κ2) is 4.08. The molecule has 0 saturated carbocycles. The first-order chi connectivity index (χ1) is 9.09. The molecule has 2 heterocycles. The first-order valence-electron chi connectivity index (χ1n) is 6.01. The Bertz CT molecular complexity index is 677. The zero-order valence-electron chi connectivity index (χ0n) is 10.3. The topological polar surface area (TPSA) is 84.2 Å². The van der Waals surface area contributed by atoms with Crippen LogP contribution in [0.1, 0.15) is 11.7 Å². The lowest BCUT2D eigenvalue weighted by atomic mass is 9.95. The molecule has 2 N–H and O–H groups in total. The lowest BCUT2D eigenvalue weighted by Crippen LogP contribution is -2.27. The largest absolute Gasteiger partial charge is 0.481 e. The Labute approximate surface area is 109 Å². The highest BCUT2D eigenvalue weighted by molar-refractivity contribution is 5.99. The van der Waals surface area contributed by atoms with Crippen molar-refractivity contribution in [2.45, 2.75) is 5.92 Å². The van der Waals surface area contributed by atoms with Crippen LogP contribution in [0.2, 0.25) is 0 Å². The van der Waals surface area contributed by atoms with Crippen molar-refractivity contribution in [3.8, 4) is 0 Å². The van der Waals surface area contributed by atoms with E-state index < -0.39 is 23.7 Å². The van der Waals surface area contributed by atoms with Gasteiger partial charge < -0.3 is 15.0 Å². The van der Waals surface area contributed by atoms with E-state index in [2.05, 4.69) is 10.3 Å². The third kappa shape index (κ3) is 1.68. The Morgan fingerprint density at radius 3 is 2.89 bits per heavy atom. The summed E-state index contributed by atoms with van der Waals surface area (Å²) in [4.78, 5) is 27.3. The monoisotopic (exact) mass is 259 g/mol. The normalized spacial score (nSPS) is 22.7. The number of fused-ring (bicyclic) bond motifs is 1. The Morgan fingerprint density at radius 1 is 1.47 bits per heavy atom. The zero-order chi connectivity index (χ0) is 13.6. The molecular formula is C13H13N3O3. The number of benzene rings is 1. The van der Waals surface area contributed by atoms with Gasteiger partial charge in [-0.25, -0.2) is 4.98 Å². The van der Waals surface area contributed by atoms with E-state index >= 15 is 0 Å². The number of aryl methyl sites for hydroxylation is 1. The molecule has 2 unspecified atom stereocenters. The molecule has 3 rings (SSSR count). The highest BCUT2D eigenvalue weighted by Crippen LogP contribution is 2.30. The third-order valence-corrected chi connectivity index (χ3v) is 3.60. The number of carbonyl (C=O) groups excluding carboxylic acids is 1. The molecule has 0 spiro atoms. The van der Waals surface area contributed by atoms with Gasteiger partial charge in [-0.3, -0.25) is 9.59 Å². The number of carboxylic acids is 1. The van der Waals surface area contributed by atoms with Gasteiger partial charge in [0.05, 0.1) is 17.0 Å². The predicted molar refractivity (Wildman–Crippen MR) is 67.6 cm³/mol. The molecule has 0 aliphatic carbocycles. The van der Waals surface area contributed by atoms with E-state index in [1.807, 2.05) is 35.9 Å². The van der Waals surface area contributed by atoms with Gasteiger partial charge in [0.2, 0.25) is 5.91 Å². The molecule has 98 valence electrons. The number of imidazole rings is 1. The molecule has 2 atom stereocenters. The summed E-state index contributed by atoms with van der Waals surface area (Å²) < 4.78 is 1.86. The van der Waals surface area contributed by atoms with Crippen LogP contribution < -0.4 is 5.32 Å². The van der Waals surface area contributed by atoms with Crippen LogP contribution in [0.4, 0.5) is 0 Å². The Balaban J connectivity index is 2.11. The molecule has 1 aliphatic heterocycles. The summed E-state index contributed by atoms with van der Waals surface area (Å²) in [5.41, 5.74) is 1.74. The van der Waals surface area contributed by atoms with Crippen molar-refractivity contribution in [3.63, 3.8) is 0 Å². The van der Waals surface area contributed by atoms with Crippen LogP contribution in [0, 0.1) is 5.92 Å². The maximum atomic E-state index is 11.6. The van der Waals surface area contributed by atoms with E-state index in [0.29, 0.717) is 12.4 Å². The number of carboxylic acid groups (broad SMARTS) is 1. The second-order valence-corrected chi connectivity index (χ2v) is 4.69. The zero-order valence-corrected chi connectivity index (χ0v) is 10.3. The second-order valence-electron chi connectivity index (χ2n) is 4.69. The first-order valence-corrected chi connectivity index (χ1v) is 6.01. The lowest BCUT2D eigenvalue weighted by Gasteiger charge is -2.12. The summed E-state index contributed by atoms with van der Waals surface area (Å²) in [5, 5.41) is 11.8. The minimum absolute atomic E-state index is 0.312. The SMILES string of the molecule is Cn1c(C2CNC(=O)C2C(=O)O)nc2ccccc21. The van der Waals surface area contributed by atoms with Crippen molar-refractivity contribution >= 4 is 22.9 Å². The Hall–Kier alpha value is -2.37. The summed E-state index contributed by atoms with van der Waals surface area (Å²) in [6.07, 6.45) is 0. The van der Waals surface area contributed by atoms with Crippen LogP contribution >= 0.6 is 0 Å². The molecule has 1 saturated heterocycles. The van der Waals surface area contributed by atoms with Crippen molar-refractivity contribution in [1.82, 2.24) is 14.9 Å². The number of para-hydroxylation sites is 2. The van der Waals surface area contributed by atoms with Gasteiger partial charge in [-0.15, -0.1) is 0 Å². The molecule has 2 aromatic rings. The van der Waals surface area contributed by atoms with Crippen LogP contribution in [0.15, 0.2) is 24.3 Å². The number of nitrogens with one attached hydrogen (secondary N) is 1. The molecule has 6 nitrogen and oxygen atoms in total. The highest BCUT2D eigenvalue weighted by atomic mass is 16.4. The van der Waals surface area contributed by atoms with Gasteiger partial charge in [0.25, 0.3) is 0 Å². The minimum atomic E-state index is -1.10. The summed E-state index contributed by atoms with van der Waals surface area (Å²) >= 11 is 0. The summed E-state index contributed by atoms with van der Waals surface area (Å²) in [6, 6.07) is 7.58. The van der Waals surface area contributed by atoms with E-state index in [0.717, 1.165) is 11.0 Å². The molecule has 1 aromatic heterocycles. The molecule has 19 heavy (non-hydrogen) atoms. The predicted octanol–water partition coefficient (Wildman–Crippen LogP) is 0.487. The van der Waals surface area contributed by atoms with E-state index in [1.54, 1.807) is 0 Å². The lowest BCUT2D eigenvalue weighted by molar-refractivity contribution is -0.145. The molecule has 1 fully saturated rings. The minimum Gasteiger partial charge on any atom is -0.481 e. The van der Waals surface area contributed by atoms with Crippen molar-refractivity contribution < 1.29 is 14.7 Å². The van der Waals surface area contributed by atoms with Gasteiger partial charge in [-0.1, -0.05) is 12.1 Å². The molecule has 0 bridgehead atoms. The fraction of sp³-hybridized carbons (Fsp3) is 0.308. The Morgan fingerprint density at radius 2 is 2.21 bits per heavy atom. The molecule has 0 radical (unpaired) electrons. The van der Waals surface area contributed by atoms with Crippen molar-refractivity contribution in [2.75, 3.05) is 6.54 Å². The van der Waals surface area contributed by atoms with Crippen LogP contribution in [0.3, 0.4) is 0 Å². The number of nitrogens with zero attached hydrogens (tertiary/aromatic N) is 2. The van der Waals surface area contributed by atoms with Crippen molar-refractivity contribution in [3.05, 3.63) is 30.1 Å². The summed E-state index contributed by atoms with van der Waals surface area (Å²) in [6.45, 7) is 0.312. The van der Waals surface area contributed by atoms with Crippen LogP contribution in [-0.4, -0.2) is 33.1 Å². The smallest absolute Gasteiger partial charge is 0.316 e. The standard InChI is InChI=1S/C13H13N3O3/c1-16-9-5-3-2-4-8(9)15-11(16)7-6-14-12(17)10(7)13(18)19/h2-5,7,10H,6H2,1H3,(H,14,17)(H,18,19). The van der Waals surface area contributed by atoms with Gasteiger partial charge in [-0.2, -0.15) is 0 Å². The van der Waals surface area contributed by atoms with Gasteiger partial charge in [-0.05, 0) is 12.1 Å². The number of rotatable bonds is 2. The molecular weight excluding hydrogens is 246 g/mol. The van der Waals surface area contributed by atoms with Gasteiger partial charge in [0, 0.05) is 13.6 Å². The van der Waals surface area contributed by atoms with Crippen LogP contribution in [0.25, 0.3) is 11.0 Å². The number of amides is 1. The number of hydrogen-bond donors (Lipinski definition) is 2. The number of hydrogen-bond acceptors (Lipinski definition) is 3. The van der Waals surface area contributed by atoms with Gasteiger partial charge in [0.15, 0.2) is 0 Å². The number of aromatic nitrogens is 2. The van der Waals surface area contributed by atoms with Gasteiger partial charge in [0.1, 0.15) is 11.7 Å². The molecule has 6 heteroatoms.